The largest absolute Gasteiger partial charge is 0.472 e. The number of hydrogen-bond acceptors (Lipinski definition) is 12. The zero-order valence-corrected chi connectivity index (χ0v) is 28.1. The Balaban J connectivity index is 2.62. The third-order valence-corrected chi connectivity index (χ3v) is 8.93. The molecule has 0 radical (unpaired) electrons. The molecule has 266 valence electrons. The number of ether oxygens (including phenoxy) is 2. The van der Waals surface area contributed by atoms with Gasteiger partial charge in [-0.1, -0.05) is 104 Å². The molecule has 0 heterocycles. The molecule has 0 aliphatic heterocycles. The van der Waals surface area contributed by atoms with Gasteiger partial charge < -0.3 is 39.9 Å². The first kappa shape index (κ1) is 41.9. The van der Waals surface area contributed by atoms with Gasteiger partial charge in [0.05, 0.1) is 6.61 Å². The number of phosphoric ester groups is 1. The number of hydrogen-bond donors (Lipinski definition) is 6. The van der Waals surface area contributed by atoms with Crippen molar-refractivity contribution >= 4 is 19.8 Å². The fourth-order valence-electron chi connectivity index (χ4n) is 5.11. The predicted octanol–water partition coefficient (Wildman–Crippen LogP) is 3.82. The van der Waals surface area contributed by atoms with E-state index in [1.807, 2.05) is 0 Å². The first-order chi connectivity index (χ1) is 21.4. The third-order valence-electron chi connectivity index (χ3n) is 7.95. The van der Waals surface area contributed by atoms with Crippen molar-refractivity contribution in [3.63, 3.8) is 0 Å². The summed E-state index contributed by atoms with van der Waals surface area (Å²) in [4.78, 5) is 35.1. The van der Waals surface area contributed by atoms with Crippen molar-refractivity contribution in [2.24, 2.45) is 0 Å². The van der Waals surface area contributed by atoms with Crippen molar-refractivity contribution in [3.8, 4) is 0 Å². The average Bonchev–Trinajstić information content (AvgIpc) is 3.01. The molecule has 14 heteroatoms. The van der Waals surface area contributed by atoms with Crippen LogP contribution in [-0.4, -0.2) is 98.3 Å². The summed E-state index contributed by atoms with van der Waals surface area (Å²) in [5.74, 6) is -1.11. The smallest absolute Gasteiger partial charge is 0.462 e. The molecular weight excluding hydrogens is 611 g/mol. The molecule has 13 nitrogen and oxygen atoms in total. The van der Waals surface area contributed by atoms with Gasteiger partial charge in [-0.15, -0.1) is 0 Å². The van der Waals surface area contributed by atoms with Gasteiger partial charge >= 0.3 is 19.8 Å². The lowest BCUT2D eigenvalue weighted by molar-refractivity contribution is -0.220. The number of rotatable bonds is 26. The van der Waals surface area contributed by atoms with Crippen LogP contribution in [0.2, 0.25) is 0 Å². The second kappa shape index (κ2) is 24.1. The van der Waals surface area contributed by atoms with Gasteiger partial charge in [-0.3, -0.25) is 18.6 Å². The van der Waals surface area contributed by atoms with Gasteiger partial charge in [0, 0.05) is 12.8 Å². The van der Waals surface area contributed by atoms with Crippen LogP contribution >= 0.6 is 7.82 Å². The lowest BCUT2D eigenvalue weighted by Crippen LogP contribution is -2.64. The van der Waals surface area contributed by atoms with Crippen molar-refractivity contribution < 1.29 is 63.1 Å². The molecule has 1 aliphatic rings. The number of carbonyl (C=O) groups is 2. The number of carbonyl (C=O) groups excluding carboxylic acids is 2. The summed E-state index contributed by atoms with van der Waals surface area (Å²) < 4.78 is 33.0. The molecule has 0 saturated heterocycles. The Morgan fingerprint density at radius 3 is 1.47 bits per heavy atom. The van der Waals surface area contributed by atoms with Crippen LogP contribution in [-0.2, 0) is 32.7 Å². The topological polar surface area (TPSA) is 210 Å². The minimum absolute atomic E-state index is 0.101. The van der Waals surface area contributed by atoms with E-state index in [1.54, 1.807) is 0 Å². The van der Waals surface area contributed by atoms with Crippen LogP contribution < -0.4 is 0 Å². The summed E-state index contributed by atoms with van der Waals surface area (Å²) in [7, 11) is -5.09. The highest BCUT2D eigenvalue weighted by Gasteiger charge is 2.51. The highest BCUT2D eigenvalue weighted by molar-refractivity contribution is 7.47. The quantitative estimate of drug-likeness (QED) is 0.0440. The van der Waals surface area contributed by atoms with Gasteiger partial charge in [-0.2, -0.15) is 0 Å². The second-order valence-electron chi connectivity index (χ2n) is 12.0. The molecule has 1 fully saturated rings. The molecule has 45 heavy (non-hydrogen) atoms. The number of phosphoric acid groups is 1. The maximum absolute atomic E-state index is 12.6. The highest BCUT2D eigenvalue weighted by Crippen LogP contribution is 2.47. The van der Waals surface area contributed by atoms with Gasteiger partial charge in [0.1, 0.15) is 43.2 Å². The van der Waals surface area contributed by atoms with E-state index >= 15 is 0 Å². The molecule has 0 aromatic heterocycles. The zero-order chi connectivity index (χ0) is 33.7. The van der Waals surface area contributed by atoms with Crippen molar-refractivity contribution in [2.45, 2.75) is 172 Å². The van der Waals surface area contributed by atoms with Gasteiger partial charge in [0.15, 0.2) is 6.10 Å². The second-order valence-corrected chi connectivity index (χ2v) is 13.4. The standard InChI is InChI=1S/C31H59O13P/c1-3-5-7-9-11-13-15-17-19-24(32)41-21-23(43-25(33)20-18-16-14-12-10-8-6-4-2)22-42-45(39,40)44-31-29(37)27(35)26(34)28(36)30(31)38/h23,26-31,34-38H,3-22H2,1-2H3,(H,39,40). The molecule has 6 atom stereocenters. The lowest BCUT2D eigenvalue weighted by atomic mass is 9.85. The lowest BCUT2D eigenvalue weighted by Gasteiger charge is -2.41. The fourth-order valence-corrected chi connectivity index (χ4v) is 6.08. The third kappa shape index (κ3) is 18.1. The summed E-state index contributed by atoms with van der Waals surface area (Å²) >= 11 is 0. The molecule has 1 saturated carbocycles. The van der Waals surface area contributed by atoms with Crippen LogP contribution in [0.25, 0.3) is 0 Å². The van der Waals surface area contributed by atoms with Gasteiger partial charge in [-0.25, -0.2) is 4.57 Å². The van der Waals surface area contributed by atoms with Crippen LogP contribution in [0.3, 0.4) is 0 Å². The van der Waals surface area contributed by atoms with E-state index in [2.05, 4.69) is 13.8 Å². The Morgan fingerprint density at radius 2 is 1.00 bits per heavy atom. The first-order valence-corrected chi connectivity index (χ1v) is 18.3. The summed E-state index contributed by atoms with van der Waals surface area (Å²) in [6, 6.07) is 0. The van der Waals surface area contributed by atoms with Crippen molar-refractivity contribution in [3.05, 3.63) is 0 Å². The predicted molar refractivity (Wildman–Crippen MR) is 166 cm³/mol. The molecule has 0 bridgehead atoms. The Morgan fingerprint density at radius 1 is 0.600 bits per heavy atom. The van der Waals surface area contributed by atoms with E-state index in [0.29, 0.717) is 12.8 Å². The van der Waals surface area contributed by atoms with E-state index < -0.39 is 75.7 Å². The molecule has 0 amide bonds. The summed E-state index contributed by atoms with van der Waals surface area (Å²) in [5.41, 5.74) is 0. The number of esters is 2. The highest BCUT2D eigenvalue weighted by atomic mass is 31.2. The minimum Gasteiger partial charge on any atom is -0.462 e. The molecule has 0 aromatic carbocycles. The van der Waals surface area contributed by atoms with Gasteiger partial charge in [-0.05, 0) is 12.8 Å². The number of aliphatic hydroxyl groups is 5. The molecule has 0 spiro atoms. The van der Waals surface area contributed by atoms with Crippen LogP contribution in [0, 0.1) is 0 Å². The zero-order valence-electron chi connectivity index (χ0n) is 27.2. The summed E-state index contributed by atoms with van der Waals surface area (Å²) in [6.45, 7) is 3.16. The van der Waals surface area contributed by atoms with E-state index in [9.17, 15) is 44.6 Å². The van der Waals surface area contributed by atoms with Gasteiger partial charge in [0.2, 0.25) is 0 Å². The maximum Gasteiger partial charge on any atom is 0.472 e. The Hall–Kier alpha value is -1.15. The summed E-state index contributed by atoms with van der Waals surface area (Å²) in [5, 5.41) is 49.6. The van der Waals surface area contributed by atoms with E-state index in [-0.39, 0.29) is 12.8 Å². The van der Waals surface area contributed by atoms with Crippen LogP contribution in [0.1, 0.15) is 129 Å². The molecule has 1 aliphatic carbocycles. The van der Waals surface area contributed by atoms with E-state index in [4.69, 9.17) is 18.5 Å². The monoisotopic (exact) mass is 670 g/mol. The van der Waals surface area contributed by atoms with Crippen molar-refractivity contribution in [1.82, 2.24) is 0 Å². The Labute approximate surface area is 268 Å². The van der Waals surface area contributed by atoms with Crippen LogP contribution in [0.4, 0.5) is 0 Å². The fraction of sp³-hybridized carbons (Fsp3) is 0.935. The molecule has 6 unspecified atom stereocenters. The number of unbranched alkanes of at least 4 members (excludes halogenated alkanes) is 14. The first-order valence-electron chi connectivity index (χ1n) is 16.8. The maximum atomic E-state index is 12.6. The molecule has 0 aromatic rings. The SMILES string of the molecule is CCCCCCCCCCC(=O)OCC(COP(=O)(O)OC1C(O)C(O)C(O)C(O)C1O)OC(=O)CCCCCCCCCC. The van der Waals surface area contributed by atoms with Crippen molar-refractivity contribution in [2.75, 3.05) is 13.2 Å². The molecular formula is C31H59O13P. The average molecular weight is 671 g/mol. The Bertz CT molecular complexity index is 828. The van der Waals surface area contributed by atoms with Crippen molar-refractivity contribution in [1.29, 1.82) is 0 Å². The Kier molecular flexibility index (Phi) is 22.4. The van der Waals surface area contributed by atoms with Crippen LogP contribution in [0.5, 0.6) is 0 Å². The normalized spacial score (nSPS) is 25.4. The number of aliphatic hydroxyl groups excluding tert-OH is 5. The molecule has 6 N–H and O–H groups in total. The summed E-state index contributed by atoms with van der Waals surface area (Å²) in [6.07, 6.45) is 3.79. The van der Waals surface area contributed by atoms with Crippen LogP contribution in [0.15, 0.2) is 0 Å². The van der Waals surface area contributed by atoms with E-state index in [1.165, 1.54) is 44.9 Å². The molecule has 1 rings (SSSR count). The van der Waals surface area contributed by atoms with E-state index in [0.717, 1.165) is 44.9 Å². The minimum atomic E-state index is -5.09. The van der Waals surface area contributed by atoms with Gasteiger partial charge in [0.25, 0.3) is 0 Å².